The van der Waals surface area contributed by atoms with E-state index in [0.717, 1.165) is 14.3 Å². The van der Waals surface area contributed by atoms with E-state index < -0.39 is 22.5 Å². The van der Waals surface area contributed by atoms with Crippen LogP contribution in [0.25, 0.3) is 0 Å². The molecule has 3 rings (SSSR count). The summed E-state index contributed by atoms with van der Waals surface area (Å²) in [6.07, 6.45) is 1.42. The van der Waals surface area contributed by atoms with Gasteiger partial charge in [0, 0.05) is 15.1 Å². The Morgan fingerprint density at radius 3 is 2.55 bits per heavy atom. The lowest BCUT2D eigenvalue weighted by atomic mass is 10.2. The molecular weight excluding hydrogens is 530 g/mol. The first kappa shape index (κ1) is 24.8. The number of amides is 1. The lowest BCUT2D eigenvalue weighted by Gasteiger charge is -2.24. The quantitative estimate of drug-likeness (QED) is 0.323. The SMILES string of the molecule is COc1ccc(Br)cc1/C=N\NC(=O)CN(c1cccc(Cl)c1)S(=O)(=O)c1ccc(C)cc1. The van der Waals surface area contributed by atoms with Gasteiger partial charge in [-0.15, -0.1) is 0 Å². The molecular formula is C23H21BrClN3O4S. The highest BCUT2D eigenvalue weighted by Gasteiger charge is 2.27. The van der Waals surface area contributed by atoms with Crippen LogP contribution in [0.4, 0.5) is 5.69 Å². The molecule has 172 valence electrons. The number of sulfonamides is 1. The van der Waals surface area contributed by atoms with E-state index >= 15 is 0 Å². The summed E-state index contributed by atoms with van der Waals surface area (Å²) in [5.74, 6) is -0.0606. The van der Waals surface area contributed by atoms with Gasteiger partial charge in [-0.1, -0.05) is 51.3 Å². The Morgan fingerprint density at radius 2 is 1.88 bits per heavy atom. The molecule has 0 fully saturated rings. The summed E-state index contributed by atoms with van der Waals surface area (Å²) in [5, 5.41) is 4.29. The lowest BCUT2D eigenvalue weighted by Crippen LogP contribution is -2.39. The van der Waals surface area contributed by atoms with Crippen molar-refractivity contribution in [2.75, 3.05) is 18.0 Å². The third-order valence-electron chi connectivity index (χ3n) is 4.58. The number of hydrogen-bond acceptors (Lipinski definition) is 5. The van der Waals surface area contributed by atoms with Crippen LogP contribution in [0.15, 0.2) is 81.2 Å². The largest absolute Gasteiger partial charge is 0.496 e. The van der Waals surface area contributed by atoms with E-state index in [1.165, 1.54) is 31.5 Å². The Kier molecular flexibility index (Phi) is 8.12. The fraction of sp³-hybridized carbons (Fsp3) is 0.130. The fourth-order valence-electron chi connectivity index (χ4n) is 2.93. The number of hydrogen-bond donors (Lipinski definition) is 1. The van der Waals surface area contributed by atoms with E-state index in [1.54, 1.807) is 42.5 Å². The first-order valence-corrected chi connectivity index (χ1v) is 12.3. The smallest absolute Gasteiger partial charge is 0.264 e. The monoisotopic (exact) mass is 549 g/mol. The van der Waals surface area contributed by atoms with Gasteiger partial charge in [0.1, 0.15) is 12.3 Å². The molecule has 3 aromatic carbocycles. The summed E-state index contributed by atoms with van der Waals surface area (Å²) in [7, 11) is -2.51. The van der Waals surface area contributed by atoms with Crippen LogP contribution in [0.1, 0.15) is 11.1 Å². The van der Waals surface area contributed by atoms with E-state index in [9.17, 15) is 13.2 Å². The van der Waals surface area contributed by atoms with Crippen molar-refractivity contribution in [3.8, 4) is 5.75 Å². The summed E-state index contributed by atoms with van der Waals surface area (Å²) < 4.78 is 33.8. The molecule has 10 heteroatoms. The van der Waals surface area contributed by atoms with Gasteiger partial charge in [0.2, 0.25) is 0 Å². The molecule has 0 saturated heterocycles. The highest BCUT2D eigenvalue weighted by Crippen LogP contribution is 2.26. The Labute approximate surface area is 206 Å². The molecule has 1 N–H and O–H groups in total. The van der Waals surface area contributed by atoms with Gasteiger partial charge in [-0.2, -0.15) is 5.10 Å². The van der Waals surface area contributed by atoms with Crippen molar-refractivity contribution < 1.29 is 17.9 Å². The van der Waals surface area contributed by atoms with Gasteiger partial charge < -0.3 is 4.74 Å². The molecule has 33 heavy (non-hydrogen) atoms. The maximum atomic E-state index is 13.3. The van der Waals surface area contributed by atoms with Gasteiger partial charge in [0.05, 0.1) is 23.9 Å². The zero-order valence-corrected chi connectivity index (χ0v) is 21.0. The minimum absolute atomic E-state index is 0.0586. The van der Waals surface area contributed by atoms with Crippen molar-refractivity contribution in [1.82, 2.24) is 5.43 Å². The molecule has 1 amide bonds. The fourth-order valence-corrected chi connectivity index (χ4v) is 4.91. The standard InChI is InChI=1S/C23H21BrClN3O4S/c1-16-6-9-21(10-7-16)33(30,31)28(20-5-3-4-19(25)13-20)15-23(29)27-26-14-17-12-18(24)8-11-22(17)32-2/h3-14H,15H2,1-2H3,(H,27,29)/b26-14-. The highest BCUT2D eigenvalue weighted by atomic mass is 79.9. The minimum Gasteiger partial charge on any atom is -0.496 e. The topological polar surface area (TPSA) is 88.1 Å². The van der Waals surface area contributed by atoms with E-state index in [4.69, 9.17) is 16.3 Å². The van der Waals surface area contributed by atoms with Crippen molar-refractivity contribution in [3.63, 3.8) is 0 Å². The van der Waals surface area contributed by atoms with Crippen LogP contribution in [0.3, 0.4) is 0 Å². The van der Waals surface area contributed by atoms with E-state index in [1.807, 2.05) is 13.0 Å². The molecule has 3 aromatic rings. The average Bonchev–Trinajstić information content (AvgIpc) is 2.78. The molecule has 0 atom stereocenters. The summed E-state index contributed by atoms with van der Waals surface area (Å²) in [6, 6.07) is 18.0. The van der Waals surface area contributed by atoms with Crippen molar-refractivity contribution >= 4 is 55.4 Å². The van der Waals surface area contributed by atoms with Crippen LogP contribution in [0.2, 0.25) is 5.02 Å². The van der Waals surface area contributed by atoms with Gasteiger partial charge in [-0.05, 0) is 55.5 Å². The van der Waals surface area contributed by atoms with Crippen LogP contribution in [-0.2, 0) is 14.8 Å². The van der Waals surface area contributed by atoms with Crippen molar-refractivity contribution in [1.29, 1.82) is 0 Å². The third kappa shape index (κ3) is 6.34. The number of carbonyl (C=O) groups is 1. The minimum atomic E-state index is -4.04. The van der Waals surface area contributed by atoms with E-state index in [0.29, 0.717) is 16.3 Å². The zero-order chi connectivity index (χ0) is 24.0. The van der Waals surface area contributed by atoms with Crippen molar-refractivity contribution in [2.24, 2.45) is 5.10 Å². The number of benzene rings is 3. The second kappa shape index (κ2) is 10.8. The summed E-state index contributed by atoms with van der Waals surface area (Å²) in [5.41, 5.74) is 4.18. The zero-order valence-electron chi connectivity index (χ0n) is 17.8. The highest BCUT2D eigenvalue weighted by molar-refractivity contribution is 9.10. The molecule has 0 unspecified atom stereocenters. The second-order valence-electron chi connectivity index (χ2n) is 6.98. The van der Waals surface area contributed by atoms with Gasteiger partial charge in [-0.3, -0.25) is 9.10 Å². The molecule has 0 radical (unpaired) electrons. The summed E-state index contributed by atoms with van der Waals surface area (Å²) in [4.78, 5) is 12.7. The Balaban J connectivity index is 1.85. The molecule has 0 saturated carbocycles. The Hall–Kier alpha value is -2.88. The van der Waals surface area contributed by atoms with Gasteiger partial charge in [0.25, 0.3) is 15.9 Å². The maximum Gasteiger partial charge on any atom is 0.264 e. The number of nitrogens with one attached hydrogen (secondary N) is 1. The molecule has 0 aliphatic heterocycles. The predicted octanol–water partition coefficient (Wildman–Crippen LogP) is 4.77. The second-order valence-corrected chi connectivity index (χ2v) is 10.2. The number of hydrazone groups is 1. The number of aryl methyl sites for hydroxylation is 1. The number of nitrogens with zero attached hydrogens (tertiary/aromatic N) is 2. The molecule has 0 bridgehead atoms. The third-order valence-corrected chi connectivity index (χ3v) is 7.09. The number of ether oxygens (including phenoxy) is 1. The van der Waals surface area contributed by atoms with Crippen LogP contribution in [-0.4, -0.2) is 34.2 Å². The van der Waals surface area contributed by atoms with E-state index in [-0.39, 0.29) is 10.6 Å². The predicted molar refractivity (Wildman–Crippen MR) is 134 cm³/mol. The number of rotatable bonds is 8. The van der Waals surface area contributed by atoms with Crippen molar-refractivity contribution in [2.45, 2.75) is 11.8 Å². The number of carbonyl (C=O) groups excluding carboxylic acids is 1. The molecule has 7 nitrogen and oxygen atoms in total. The number of anilines is 1. The number of methoxy groups -OCH3 is 1. The van der Waals surface area contributed by atoms with Gasteiger partial charge >= 0.3 is 0 Å². The summed E-state index contributed by atoms with van der Waals surface area (Å²) >= 11 is 9.44. The first-order valence-electron chi connectivity index (χ1n) is 9.71. The first-order chi connectivity index (χ1) is 15.7. The van der Waals surface area contributed by atoms with Crippen LogP contribution >= 0.6 is 27.5 Å². The van der Waals surface area contributed by atoms with Crippen LogP contribution < -0.4 is 14.5 Å². The average molecular weight is 551 g/mol. The molecule has 0 spiro atoms. The van der Waals surface area contributed by atoms with Crippen molar-refractivity contribution in [3.05, 3.63) is 87.4 Å². The molecule has 0 heterocycles. The number of halogens is 2. The van der Waals surface area contributed by atoms with Crippen LogP contribution in [0.5, 0.6) is 5.75 Å². The Bertz CT molecular complexity index is 1280. The summed E-state index contributed by atoms with van der Waals surface area (Å²) in [6.45, 7) is 1.36. The van der Waals surface area contributed by atoms with E-state index in [2.05, 4.69) is 26.5 Å². The maximum absolute atomic E-state index is 13.3. The van der Waals surface area contributed by atoms with Gasteiger partial charge in [0.15, 0.2) is 0 Å². The van der Waals surface area contributed by atoms with Gasteiger partial charge in [-0.25, -0.2) is 13.8 Å². The normalized spacial score (nSPS) is 11.4. The lowest BCUT2D eigenvalue weighted by molar-refractivity contribution is -0.119. The molecule has 0 aliphatic carbocycles. The molecule has 0 aliphatic rings. The Morgan fingerprint density at radius 1 is 1.15 bits per heavy atom. The molecule has 0 aromatic heterocycles. The van der Waals surface area contributed by atoms with Crippen LogP contribution in [0, 0.1) is 6.92 Å².